The number of benzene rings is 2. The van der Waals surface area contributed by atoms with Crippen LogP contribution < -0.4 is 15.4 Å². The molecular weight excluding hydrogens is 367 g/mol. The van der Waals surface area contributed by atoms with Crippen LogP contribution in [-0.4, -0.2) is 18.1 Å². The second-order valence-corrected chi connectivity index (χ2v) is 6.43. The molecule has 24 heavy (non-hydrogen) atoms. The molecule has 2 N–H and O–H groups in total. The summed E-state index contributed by atoms with van der Waals surface area (Å²) in [7, 11) is 1.43. The number of halogens is 2. The Hall–Kier alpha value is -1.82. The van der Waals surface area contributed by atoms with Gasteiger partial charge in [-0.05, 0) is 61.5 Å². The van der Waals surface area contributed by atoms with Gasteiger partial charge in [0.15, 0.2) is 5.11 Å². The molecule has 0 saturated heterocycles. The number of hydrogen-bond donors (Lipinski definition) is 2. The van der Waals surface area contributed by atoms with E-state index in [9.17, 15) is 4.79 Å². The maximum atomic E-state index is 12.4. The number of rotatable bonds is 3. The zero-order valence-electron chi connectivity index (χ0n) is 13.4. The zero-order valence-corrected chi connectivity index (χ0v) is 15.7. The van der Waals surface area contributed by atoms with E-state index < -0.39 is 5.91 Å². The lowest BCUT2D eigenvalue weighted by Crippen LogP contribution is -2.34. The van der Waals surface area contributed by atoms with Gasteiger partial charge in [-0.3, -0.25) is 10.1 Å². The minimum atomic E-state index is -0.461. The minimum absolute atomic E-state index is 0.168. The highest BCUT2D eigenvalue weighted by Crippen LogP contribution is 2.32. The van der Waals surface area contributed by atoms with Gasteiger partial charge in [0, 0.05) is 10.7 Å². The van der Waals surface area contributed by atoms with E-state index in [4.69, 9.17) is 40.2 Å². The van der Waals surface area contributed by atoms with Crippen molar-refractivity contribution in [3.63, 3.8) is 0 Å². The lowest BCUT2D eigenvalue weighted by Gasteiger charge is -2.13. The molecule has 2 aromatic rings. The topological polar surface area (TPSA) is 50.4 Å². The summed E-state index contributed by atoms with van der Waals surface area (Å²) in [5.74, 6) is -0.217. The number of ether oxygens (including phenoxy) is 1. The Morgan fingerprint density at radius 2 is 1.83 bits per heavy atom. The predicted octanol–water partition coefficient (Wildman–Crippen LogP) is 4.75. The fraction of sp³-hybridized carbons (Fsp3) is 0.176. The SMILES string of the molecule is COc1c(Cl)cc(Cl)cc1C(=O)NC(=S)Nc1ccc(C)c(C)c1. The Labute approximate surface area is 156 Å². The zero-order chi connectivity index (χ0) is 17.9. The molecule has 1 amide bonds. The Kier molecular flexibility index (Phi) is 6.04. The number of methoxy groups -OCH3 is 1. The van der Waals surface area contributed by atoms with Crippen molar-refractivity contribution in [1.82, 2.24) is 5.32 Å². The first kappa shape index (κ1) is 18.5. The quantitative estimate of drug-likeness (QED) is 0.752. The van der Waals surface area contributed by atoms with Gasteiger partial charge in [0.25, 0.3) is 5.91 Å². The molecule has 0 aliphatic carbocycles. The van der Waals surface area contributed by atoms with Gasteiger partial charge in [0.05, 0.1) is 17.7 Å². The molecule has 0 aliphatic rings. The van der Waals surface area contributed by atoms with Crippen LogP contribution in [0.4, 0.5) is 5.69 Å². The van der Waals surface area contributed by atoms with Crippen LogP contribution in [0.5, 0.6) is 5.75 Å². The molecule has 0 aliphatic heterocycles. The maximum Gasteiger partial charge on any atom is 0.261 e. The fourth-order valence-corrected chi connectivity index (χ4v) is 2.87. The van der Waals surface area contributed by atoms with Crippen molar-refractivity contribution in [2.45, 2.75) is 13.8 Å². The lowest BCUT2D eigenvalue weighted by atomic mass is 10.1. The maximum absolute atomic E-state index is 12.4. The molecule has 0 bridgehead atoms. The highest BCUT2D eigenvalue weighted by Gasteiger charge is 2.17. The smallest absolute Gasteiger partial charge is 0.261 e. The molecular formula is C17H16Cl2N2O2S. The summed E-state index contributed by atoms with van der Waals surface area (Å²) in [6.07, 6.45) is 0. The van der Waals surface area contributed by atoms with Crippen LogP contribution in [0.1, 0.15) is 21.5 Å². The van der Waals surface area contributed by atoms with Crippen molar-refractivity contribution >= 4 is 52.1 Å². The van der Waals surface area contributed by atoms with Gasteiger partial charge in [0.2, 0.25) is 0 Å². The molecule has 0 spiro atoms. The summed E-state index contributed by atoms with van der Waals surface area (Å²) in [6, 6.07) is 8.79. The third-order valence-electron chi connectivity index (χ3n) is 3.45. The number of carbonyl (C=O) groups is 1. The number of hydrogen-bond acceptors (Lipinski definition) is 3. The normalized spacial score (nSPS) is 10.2. The molecule has 0 aromatic heterocycles. The van der Waals surface area contributed by atoms with E-state index in [-0.39, 0.29) is 21.4 Å². The van der Waals surface area contributed by atoms with Gasteiger partial charge < -0.3 is 10.1 Å². The van der Waals surface area contributed by atoms with Crippen LogP contribution in [0.15, 0.2) is 30.3 Å². The molecule has 4 nitrogen and oxygen atoms in total. The monoisotopic (exact) mass is 382 g/mol. The largest absolute Gasteiger partial charge is 0.494 e. The Balaban J connectivity index is 2.14. The minimum Gasteiger partial charge on any atom is -0.494 e. The van der Waals surface area contributed by atoms with Gasteiger partial charge in [-0.25, -0.2) is 0 Å². The van der Waals surface area contributed by atoms with E-state index in [0.717, 1.165) is 11.3 Å². The second kappa shape index (κ2) is 7.83. The molecule has 7 heteroatoms. The van der Waals surface area contributed by atoms with Crippen molar-refractivity contribution < 1.29 is 9.53 Å². The van der Waals surface area contributed by atoms with Crippen LogP contribution in [0.2, 0.25) is 10.0 Å². The average molecular weight is 383 g/mol. The van der Waals surface area contributed by atoms with Gasteiger partial charge in [-0.15, -0.1) is 0 Å². The molecule has 0 heterocycles. The first-order valence-corrected chi connectivity index (χ1v) is 8.21. The molecule has 2 aromatic carbocycles. The Morgan fingerprint density at radius 1 is 1.12 bits per heavy atom. The number of nitrogens with one attached hydrogen (secondary N) is 2. The number of aryl methyl sites for hydroxylation is 2. The molecule has 0 fully saturated rings. The van der Waals surface area contributed by atoms with Crippen molar-refractivity contribution in [2.75, 3.05) is 12.4 Å². The Morgan fingerprint density at radius 3 is 2.46 bits per heavy atom. The molecule has 0 unspecified atom stereocenters. The van der Waals surface area contributed by atoms with E-state index in [1.54, 1.807) is 0 Å². The molecule has 126 valence electrons. The number of anilines is 1. The molecule has 2 rings (SSSR count). The van der Waals surface area contributed by atoms with E-state index >= 15 is 0 Å². The highest BCUT2D eigenvalue weighted by atomic mass is 35.5. The summed E-state index contributed by atoms with van der Waals surface area (Å²) >= 11 is 17.2. The summed E-state index contributed by atoms with van der Waals surface area (Å²) in [4.78, 5) is 12.4. The molecule has 0 saturated carbocycles. The van der Waals surface area contributed by atoms with Crippen molar-refractivity contribution in [3.05, 3.63) is 57.1 Å². The summed E-state index contributed by atoms with van der Waals surface area (Å²) in [5.41, 5.74) is 3.30. The summed E-state index contributed by atoms with van der Waals surface area (Å²) in [5, 5.41) is 6.32. The first-order chi connectivity index (χ1) is 11.3. The van der Waals surface area contributed by atoms with Crippen LogP contribution >= 0.6 is 35.4 Å². The Bertz CT molecular complexity index is 809. The van der Waals surface area contributed by atoms with E-state index in [1.807, 2.05) is 32.0 Å². The third-order valence-corrected chi connectivity index (χ3v) is 4.15. The number of thiocarbonyl (C=S) groups is 1. The van der Waals surface area contributed by atoms with Crippen LogP contribution in [0.3, 0.4) is 0 Å². The summed E-state index contributed by atoms with van der Waals surface area (Å²) < 4.78 is 5.17. The van der Waals surface area contributed by atoms with Crippen LogP contribution in [0.25, 0.3) is 0 Å². The highest BCUT2D eigenvalue weighted by molar-refractivity contribution is 7.80. The van der Waals surface area contributed by atoms with E-state index in [2.05, 4.69) is 10.6 Å². The van der Waals surface area contributed by atoms with Crippen LogP contribution in [0, 0.1) is 13.8 Å². The number of amides is 1. The third kappa shape index (κ3) is 4.38. The summed E-state index contributed by atoms with van der Waals surface area (Å²) in [6.45, 7) is 4.02. The number of carbonyl (C=O) groups excluding carboxylic acids is 1. The average Bonchev–Trinajstić information content (AvgIpc) is 2.50. The predicted molar refractivity (Wildman–Crippen MR) is 103 cm³/mol. The van der Waals surface area contributed by atoms with Crippen molar-refractivity contribution in [2.24, 2.45) is 0 Å². The van der Waals surface area contributed by atoms with Crippen LogP contribution in [-0.2, 0) is 0 Å². The van der Waals surface area contributed by atoms with E-state index in [0.29, 0.717) is 5.02 Å². The van der Waals surface area contributed by atoms with Gasteiger partial charge >= 0.3 is 0 Å². The lowest BCUT2D eigenvalue weighted by molar-refractivity contribution is 0.0975. The fourth-order valence-electron chi connectivity index (χ4n) is 2.09. The van der Waals surface area contributed by atoms with E-state index in [1.165, 1.54) is 24.8 Å². The molecule has 0 radical (unpaired) electrons. The second-order valence-electron chi connectivity index (χ2n) is 5.18. The first-order valence-electron chi connectivity index (χ1n) is 7.04. The van der Waals surface area contributed by atoms with Crippen molar-refractivity contribution in [1.29, 1.82) is 0 Å². The van der Waals surface area contributed by atoms with Crippen molar-refractivity contribution in [3.8, 4) is 5.75 Å². The standard InChI is InChI=1S/C17H16Cl2N2O2S/c1-9-4-5-12(6-10(9)2)20-17(24)21-16(22)13-7-11(18)8-14(19)15(13)23-3/h4-8H,1-3H3,(H2,20,21,22,24). The van der Waals surface area contributed by atoms with Gasteiger partial charge in [-0.1, -0.05) is 29.3 Å². The van der Waals surface area contributed by atoms with Gasteiger partial charge in [0.1, 0.15) is 5.75 Å². The van der Waals surface area contributed by atoms with Gasteiger partial charge in [-0.2, -0.15) is 0 Å². The molecule has 0 atom stereocenters.